The lowest BCUT2D eigenvalue weighted by Gasteiger charge is -2.38. The molecule has 208 valence electrons. The van der Waals surface area contributed by atoms with E-state index in [1.165, 1.54) is 34.0 Å². The first-order chi connectivity index (χ1) is 18.2. The molecule has 0 radical (unpaired) electrons. The van der Waals surface area contributed by atoms with Gasteiger partial charge in [0.2, 0.25) is 0 Å². The number of benzene rings is 1. The lowest BCUT2D eigenvalue weighted by molar-refractivity contribution is -0.645. The van der Waals surface area contributed by atoms with Crippen LogP contribution >= 0.6 is 0 Å². The number of aromatic nitrogens is 3. The number of Topliss-reactive ketones (excluding diaryl/α,β-unsaturated/α-hetero) is 1. The molecule has 2 aromatic heterocycles. The van der Waals surface area contributed by atoms with Gasteiger partial charge < -0.3 is 19.7 Å². The molecule has 10 nitrogen and oxygen atoms in total. The third-order valence-corrected chi connectivity index (χ3v) is 6.58. The van der Waals surface area contributed by atoms with Crippen molar-refractivity contribution in [3.8, 4) is 5.69 Å². The fraction of sp³-hybridized carbons (Fsp3) is 0.464. The van der Waals surface area contributed by atoms with Crippen LogP contribution in [0.1, 0.15) is 69.2 Å². The molecule has 1 aromatic carbocycles. The van der Waals surface area contributed by atoms with E-state index in [9.17, 15) is 24.0 Å². The number of carbonyl (C=O) groups is 3. The number of amides is 2. The molecular weight excluding hydrogens is 505 g/mol. The average Bonchev–Trinajstić information content (AvgIpc) is 3.17. The van der Waals surface area contributed by atoms with Crippen LogP contribution in [0.5, 0.6) is 0 Å². The number of nitrogens with zero attached hydrogens (tertiary/aromatic N) is 5. The van der Waals surface area contributed by atoms with E-state index in [-0.39, 0.29) is 53.4 Å². The van der Waals surface area contributed by atoms with Crippen LogP contribution in [0.3, 0.4) is 0 Å². The van der Waals surface area contributed by atoms with Gasteiger partial charge >= 0.3 is 11.7 Å². The molecule has 0 unspecified atom stereocenters. The first kappa shape index (κ1) is 28.0. The van der Waals surface area contributed by atoms with E-state index in [4.69, 9.17) is 4.74 Å². The van der Waals surface area contributed by atoms with E-state index in [2.05, 4.69) is 5.10 Å². The summed E-state index contributed by atoms with van der Waals surface area (Å²) >= 11 is 0. The summed E-state index contributed by atoms with van der Waals surface area (Å²) in [5.41, 5.74) is -0.0711. The van der Waals surface area contributed by atoms with E-state index in [0.717, 1.165) is 6.07 Å². The molecule has 3 heterocycles. The van der Waals surface area contributed by atoms with Crippen LogP contribution < -0.4 is 4.85 Å². The standard InChI is InChI=1S/C28H34FN5O5/c1-16(2)33(17(3)4)26(36)21-12-19(29)8-9-23(21)32-15-22(20-10-11-30-34(38)25(20)32)24(35)18-13-31(14-18)27(37)39-28(5,6)7/h8-12,15-18H,13-14H2,1-7H3. The number of ketones is 1. The second-order valence-electron chi connectivity index (χ2n) is 11.4. The summed E-state index contributed by atoms with van der Waals surface area (Å²) in [5, 5.41) is 17.0. The fourth-order valence-corrected chi connectivity index (χ4v) is 4.91. The van der Waals surface area contributed by atoms with Crippen molar-refractivity contribution in [2.75, 3.05) is 13.1 Å². The summed E-state index contributed by atoms with van der Waals surface area (Å²) in [5.74, 6) is -1.76. The van der Waals surface area contributed by atoms with Crippen molar-refractivity contribution in [2.45, 2.75) is 66.2 Å². The maximum atomic E-state index is 14.4. The summed E-state index contributed by atoms with van der Waals surface area (Å²) in [6.45, 7) is 13.1. The Morgan fingerprint density at radius 1 is 1.10 bits per heavy atom. The summed E-state index contributed by atoms with van der Waals surface area (Å²) in [7, 11) is 0. The number of halogens is 1. The first-order valence-electron chi connectivity index (χ1n) is 12.9. The van der Waals surface area contributed by atoms with Crippen molar-refractivity contribution in [1.29, 1.82) is 0 Å². The summed E-state index contributed by atoms with van der Waals surface area (Å²) < 4.78 is 21.2. The van der Waals surface area contributed by atoms with Gasteiger partial charge in [-0.05, 0) is 72.7 Å². The van der Waals surface area contributed by atoms with Gasteiger partial charge in [-0.1, -0.05) is 5.10 Å². The molecule has 1 fully saturated rings. The maximum absolute atomic E-state index is 14.4. The molecule has 1 aliphatic heterocycles. The van der Waals surface area contributed by atoms with E-state index < -0.39 is 29.3 Å². The van der Waals surface area contributed by atoms with Crippen molar-refractivity contribution >= 4 is 28.8 Å². The van der Waals surface area contributed by atoms with Crippen LogP contribution in [-0.4, -0.2) is 68.0 Å². The number of carbonyl (C=O) groups excluding carboxylic acids is 3. The molecule has 1 aliphatic rings. The van der Waals surface area contributed by atoms with Crippen molar-refractivity contribution in [3.63, 3.8) is 0 Å². The molecule has 0 N–H and O–H groups in total. The summed E-state index contributed by atoms with van der Waals surface area (Å²) in [4.78, 5) is 43.0. The highest BCUT2D eigenvalue weighted by Gasteiger charge is 2.40. The van der Waals surface area contributed by atoms with Gasteiger partial charge in [0.25, 0.3) is 5.91 Å². The van der Waals surface area contributed by atoms with Gasteiger partial charge in [-0.25, -0.2) is 9.18 Å². The Morgan fingerprint density at radius 2 is 1.74 bits per heavy atom. The Balaban J connectivity index is 1.75. The van der Waals surface area contributed by atoms with Crippen LogP contribution in [-0.2, 0) is 4.74 Å². The molecule has 39 heavy (non-hydrogen) atoms. The smallest absolute Gasteiger partial charge is 0.410 e. The van der Waals surface area contributed by atoms with E-state index >= 15 is 0 Å². The van der Waals surface area contributed by atoms with E-state index in [1.54, 1.807) is 31.7 Å². The predicted molar refractivity (Wildman–Crippen MR) is 142 cm³/mol. The zero-order valence-electron chi connectivity index (χ0n) is 23.3. The zero-order valence-corrected chi connectivity index (χ0v) is 23.3. The Kier molecular flexibility index (Phi) is 7.38. The van der Waals surface area contributed by atoms with E-state index in [1.807, 2.05) is 27.7 Å². The van der Waals surface area contributed by atoms with E-state index in [0.29, 0.717) is 10.2 Å². The molecule has 0 aliphatic carbocycles. The second-order valence-corrected chi connectivity index (χ2v) is 11.4. The van der Waals surface area contributed by atoms with Crippen molar-refractivity contribution in [2.24, 2.45) is 5.92 Å². The molecule has 0 atom stereocenters. The quantitative estimate of drug-likeness (QED) is 0.265. The number of hydrogen-bond donors (Lipinski definition) is 0. The summed E-state index contributed by atoms with van der Waals surface area (Å²) in [6.07, 6.45) is 2.28. The lowest BCUT2D eigenvalue weighted by atomic mass is 9.91. The highest BCUT2D eigenvalue weighted by atomic mass is 19.1. The van der Waals surface area contributed by atoms with Crippen LogP contribution in [0.4, 0.5) is 9.18 Å². The van der Waals surface area contributed by atoms with Crippen LogP contribution in [0.2, 0.25) is 0 Å². The molecule has 0 spiro atoms. The Hall–Kier alpha value is -4.02. The van der Waals surface area contributed by atoms with Gasteiger partial charge in [0.05, 0.1) is 28.6 Å². The third kappa shape index (κ3) is 5.43. The molecule has 11 heteroatoms. The van der Waals surface area contributed by atoms with Crippen molar-refractivity contribution in [3.05, 3.63) is 58.8 Å². The molecule has 3 aromatic rings. The minimum Gasteiger partial charge on any atom is -0.691 e. The van der Waals surface area contributed by atoms with Gasteiger partial charge in [0.1, 0.15) is 23.3 Å². The number of ether oxygens (including phenoxy) is 1. The van der Waals surface area contributed by atoms with Crippen LogP contribution in [0, 0.1) is 16.9 Å². The Bertz CT molecular complexity index is 1430. The fourth-order valence-electron chi connectivity index (χ4n) is 4.91. The normalized spacial score (nSPS) is 14.2. The van der Waals surface area contributed by atoms with Crippen LogP contribution in [0.25, 0.3) is 16.7 Å². The second kappa shape index (κ2) is 10.3. The molecule has 2 amide bonds. The zero-order chi connectivity index (χ0) is 28.8. The Labute approximate surface area is 226 Å². The minimum absolute atomic E-state index is 0.0328. The third-order valence-electron chi connectivity index (χ3n) is 6.58. The van der Waals surface area contributed by atoms with Gasteiger partial charge in [0.15, 0.2) is 5.78 Å². The molecular formula is C28H34FN5O5. The monoisotopic (exact) mass is 539 g/mol. The van der Waals surface area contributed by atoms with Gasteiger partial charge in [-0.15, -0.1) is 4.85 Å². The molecule has 1 saturated heterocycles. The van der Waals surface area contributed by atoms with Crippen molar-refractivity contribution in [1.82, 2.24) is 19.5 Å². The molecule has 0 saturated carbocycles. The average molecular weight is 540 g/mol. The van der Waals surface area contributed by atoms with Gasteiger partial charge in [-0.2, -0.15) is 4.57 Å². The molecule has 0 bridgehead atoms. The van der Waals surface area contributed by atoms with Crippen molar-refractivity contribution < 1.29 is 28.4 Å². The van der Waals surface area contributed by atoms with Crippen LogP contribution in [0.15, 0.2) is 36.7 Å². The number of rotatable bonds is 6. The molecule has 4 rings (SSSR count). The SMILES string of the molecule is CC(C)N(C(=O)c1cc(F)ccc1-n1cc(C(=O)C2CN(C(=O)OC(C)(C)C)C2)c2ccn[n+]([O-])c21)C(C)C. The highest BCUT2D eigenvalue weighted by Crippen LogP contribution is 2.30. The maximum Gasteiger partial charge on any atom is 0.410 e. The Morgan fingerprint density at radius 3 is 2.33 bits per heavy atom. The van der Waals surface area contributed by atoms with Gasteiger partial charge in [0, 0.05) is 25.2 Å². The number of hydrogen-bond acceptors (Lipinski definition) is 6. The largest absolute Gasteiger partial charge is 0.691 e. The van der Waals surface area contributed by atoms with Gasteiger partial charge in [-0.3, -0.25) is 9.59 Å². The number of fused-ring (bicyclic) bond motifs is 1. The number of likely N-dealkylation sites (tertiary alicyclic amines) is 1. The first-order valence-corrected chi connectivity index (χ1v) is 12.9. The summed E-state index contributed by atoms with van der Waals surface area (Å²) in [6, 6.07) is 4.98. The highest BCUT2D eigenvalue weighted by molar-refractivity contribution is 6.09. The topological polar surface area (TPSA) is 112 Å². The minimum atomic E-state index is -0.653. The predicted octanol–water partition coefficient (Wildman–Crippen LogP) is 4.11. The lowest BCUT2D eigenvalue weighted by Crippen LogP contribution is -2.54.